The molecule has 0 spiro atoms. The third-order valence-corrected chi connectivity index (χ3v) is 4.66. The molecular weight excluding hydrogens is 372 g/mol. The summed E-state index contributed by atoms with van der Waals surface area (Å²) in [5, 5.41) is 10.7. The molecule has 3 rings (SSSR count). The lowest BCUT2D eigenvalue weighted by atomic mass is 10.3. The Hall–Kier alpha value is -2.98. The zero-order valence-electron chi connectivity index (χ0n) is 14.2. The fourth-order valence-electron chi connectivity index (χ4n) is 2.18. The number of amides is 1. The van der Waals surface area contributed by atoms with Crippen LogP contribution in [0.4, 0.5) is 11.5 Å². The van der Waals surface area contributed by atoms with E-state index in [0.717, 1.165) is 12.8 Å². The zero-order valence-corrected chi connectivity index (χ0v) is 15.0. The maximum atomic E-state index is 12.0. The van der Waals surface area contributed by atoms with Crippen molar-refractivity contribution in [2.75, 3.05) is 17.2 Å². The van der Waals surface area contributed by atoms with Gasteiger partial charge in [-0.25, -0.2) is 23.3 Å². The standard InChI is InChI=1S/C17H18N4O5S/c18-27(24,25)14-6-4-13(5-7-14)21-16(22)10-26-17(23)11-1-8-15(19-9-11)20-12-2-3-12/h1,4-9,12H,2-3,10H2,(H,19,20)(H,21,22)(H2,18,24,25). The average Bonchev–Trinajstić information content (AvgIpc) is 3.44. The van der Waals surface area contributed by atoms with E-state index in [1.54, 1.807) is 12.1 Å². The van der Waals surface area contributed by atoms with Gasteiger partial charge in [-0.3, -0.25) is 4.79 Å². The highest BCUT2D eigenvalue weighted by Crippen LogP contribution is 2.23. The molecule has 1 aliphatic carbocycles. The molecule has 0 aliphatic heterocycles. The van der Waals surface area contributed by atoms with Crippen molar-refractivity contribution < 1.29 is 22.7 Å². The molecule has 0 atom stereocenters. The Morgan fingerprint density at radius 2 is 1.85 bits per heavy atom. The predicted octanol–water partition coefficient (Wildman–Crippen LogP) is 1.10. The van der Waals surface area contributed by atoms with Crippen LogP contribution in [0.15, 0.2) is 47.5 Å². The largest absolute Gasteiger partial charge is 0.452 e. The van der Waals surface area contributed by atoms with Gasteiger partial charge in [0.2, 0.25) is 10.0 Å². The van der Waals surface area contributed by atoms with Gasteiger partial charge < -0.3 is 15.4 Å². The summed E-state index contributed by atoms with van der Waals surface area (Å²) in [5.74, 6) is -0.540. The number of anilines is 2. The quantitative estimate of drug-likeness (QED) is 0.601. The number of nitrogens with two attached hydrogens (primary N) is 1. The van der Waals surface area contributed by atoms with E-state index in [4.69, 9.17) is 9.88 Å². The molecule has 1 heterocycles. The van der Waals surface area contributed by atoms with Crippen LogP contribution in [0.2, 0.25) is 0 Å². The van der Waals surface area contributed by atoms with E-state index < -0.39 is 28.5 Å². The molecule has 0 saturated heterocycles. The van der Waals surface area contributed by atoms with Crippen LogP contribution < -0.4 is 15.8 Å². The number of esters is 1. The van der Waals surface area contributed by atoms with E-state index in [2.05, 4.69) is 15.6 Å². The number of hydrogen-bond acceptors (Lipinski definition) is 7. The molecule has 1 fully saturated rings. The van der Waals surface area contributed by atoms with Gasteiger partial charge in [-0.15, -0.1) is 0 Å². The van der Waals surface area contributed by atoms with Crippen LogP contribution in [-0.4, -0.2) is 37.9 Å². The number of aromatic nitrogens is 1. The number of sulfonamides is 1. The lowest BCUT2D eigenvalue weighted by Gasteiger charge is -2.08. The number of pyridine rings is 1. The Morgan fingerprint density at radius 3 is 2.41 bits per heavy atom. The molecule has 0 radical (unpaired) electrons. The smallest absolute Gasteiger partial charge is 0.340 e. The molecule has 1 aromatic carbocycles. The molecule has 10 heteroatoms. The second-order valence-corrected chi connectivity index (χ2v) is 7.61. The maximum Gasteiger partial charge on any atom is 0.340 e. The average molecular weight is 390 g/mol. The number of nitrogens with zero attached hydrogens (tertiary/aromatic N) is 1. The van der Waals surface area contributed by atoms with Crippen molar-refractivity contribution in [1.29, 1.82) is 0 Å². The number of carbonyl (C=O) groups is 2. The number of ether oxygens (including phenoxy) is 1. The lowest BCUT2D eigenvalue weighted by molar-refractivity contribution is -0.119. The highest BCUT2D eigenvalue weighted by molar-refractivity contribution is 7.89. The van der Waals surface area contributed by atoms with E-state index in [9.17, 15) is 18.0 Å². The van der Waals surface area contributed by atoms with Crippen LogP contribution in [0.5, 0.6) is 0 Å². The van der Waals surface area contributed by atoms with E-state index in [1.807, 2.05) is 0 Å². The number of rotatable bonds is 7. The van der Waals surface area contributed by atoms with E-state index >= 15 is 0 Å². The van der Waals surface area contributed by atoms with E-state index in [-0.39, 0.29) is 10.5 Å². The van der Waals surface area contributed by atoms with Gasteiger partial charge in [0.1, 0.15) is 5.82 Å². The van der Waals surface area contributed by atoms with Gasteiger partial charge in [0.25, 0.3) is 5.91 Å². The summed E-state index contributed by atoms with van der Waals surface area (Å²) >= 11 is 0. The van der Waals surface area contributed by atoms with Gasteiger partial charge in [-0.2, -0.15) is 0 Å². The molecule has 0 bridgehead atoms. The fraction of sp³-hybridized carbons (Fsp3) is 0.235. The molecule has 1 aliphatic rings. The summed E-state index contributed by atoms with van der Waals surface area (Å²) in [7, 11) is -3.80. The predicted molar refractivity (Wildman–Crippen MR) is 97.6 cm³/mol. The number of carbonyl (C=O) groups excluding carboxylic acids is 2. The second kappa shape index (κ2) is 7.72. The maximum absolute atomic E-state index is 12.0. The van der Waals surface area contributed by atoms with Crippen molar-refractivity contribution in [3.8, 4) is 0 Å². The van der Waals surface area contributed by atoms with Gasteiger partial charge >= 0.3 is 5.97 Å². The highest BCUT2D eigenvalue weighted by Gasteiger charge is 2.21. The zero-order chi connectivity index (χ0) is 19.4. The van der Waals surface area contributed by atoms with Crippen molar-refractivity contribution in [2.45, 2.75) is 23.8 Å². The van der Waals surface area contributed by atoms with Crippen LogP contribution >= 0.6 is 0 Å². The van der Waals surface area contributed by atoms with E-state index in [1.165, 1.54) is 30.5 Å². The molecule has 2 aromatic rings. The van der Waals surface area contributed by atoms with Gasteiger partial charge in [0, 0.05) is 17.9 Å². The lowest BCUT2D eigenvalue weighted by Crippen LogP contribution is -2.21. The van der Waals surface area contributed by atoms with E-state index in [0.29, 0.717) is 17.5 Å². The summed E-state index contributed by atoms with van der Waals surface area (Å²) in [5.41, 5.74) is 0.585. The van der Waals surface area contributed by atoms with Gasteiger partial charge in [0.05, 0.1) is 10.5 Å². The number of primary sulfonamides is 1. The first-order chi connectivity index (χ1) is 12.8. The van der Waals surface area contributed by atoms with Crippen molar-refractivity contribution in [2.24, 2.45) is 5.14 Å². The molecule has 4 N–H and O–H groups in total. The first-order valence-electron chi connectivity index (χ1n) is 8.14. The van der Waals surface area contributed by atoms with Crippen LogP contribution in [0.3, 0.4) is 0 Å². The van der Waals surface area contributed by atoms with Crippen LogP contribution in [0, 0.1) is 0 Å². The normalized spacial score (nSPS) is 13.7. The monoisotopic (exact) mass is 390 g/mol. The second-order valence-electron chi connectivity index (χ2n) is 6.04. The van der Waals surface area contributed by atoms with Crippen molar-refractivity contribution in [3.63, 3.8) is 0 Å². The number of benzene rings is 1. The first kappa shape index (κ1) is 18.8. The van der Waals surface area contributed by atoms with Gasteiger partial charge in [-0.1, -0.05) is 0 Å². The Labute approximate surface area is 156 Å². The highest BCUT2D eigenvalue weighted by atomic mass is 32.2. The molecule has 1 amide bonds. The summed E-state index contributed by atoms with van der Waals surface area (Å²) in [6.45, 7) is -0.488. The SMILES string of the molecule is NS(=O)(=O)c1ccc(NC(=O)COC(=O)c2ccc(NC3CC3)nc2)cc1. The van der Waals surface area contributed by atoms with Gasteiger partial charge in [-0.05, 0) is 49.2 Å². The number of nitrogens with one attached hydrogen (secondary N) is 2. The summed E-state index contributed by atoms with van der Waals surface area (Å²) in [6.07, 6.45) is 3.62. The molecule has 0 unspecified atom stereocenters. The van der Waals surface area contributed by atoms with Crippen LogP contribution in [0.1, 0.15) is 23.2 Å². The molecule has 1 saturated carbocycles. The summed E-state index contributed by atoms with van der Waals surface area (Å²) in [4.78, 5) is 27.9. The fourth-order valence-corrected chi connectivity index (χ4v) is 2.69. The first-order valence-corrected chi connectivity index (χ1v) is 9.68. The van der Waals surface area contributed by atoms with Crippen LogP contribution in [-0.2, 0) is 19.6 Å². The Bertz CT molecular complexity index is 938. The minimum atomic E-state index is -3.80. The summed E-state index contributed by atoms with van der Waals surface area (Å²) < 4.78 is 27.3. The van der Waals surface area contributed by atoms with Crippen molar-refractivity contribution in [3.05, 3.63) is 48.2 Å². The van der Waals surface area contributed by atoms with Gasteiger partial charge in [0.15, 0.2) is 6.61 Å². The van der Waals surface area contributed by atoms with Crippen molar-refractivity contribution >= 4 is 33.4 Å². The minimum absolute atomic E-state index is 0.0703. The molecule has 142 valence electrons. The third-order valence-electron chi connectivity index (χ3n) is 3.73. The molecule has 9 nitrogen and oxygen atoms in total. The molecular formula is C17H18N4O5S. The Balaban J connectivity index is 1.48. The minimum Gasteiger partial charge on any atom is -0.452 e. The molecule has 27 heavy (non-hydrogen) atoms. The Morgan fingerprint density at radius 1 is 1.15 bits per heavy atom. The third kappa shape index (κ3) is 5.50. The number of hydrogen-bond donors (Lipinski definition) is 3. The molecule has 1 aromatic heterocycles. The topological polar surface area (TPSA) is 140 Å². The summed E-state index contributed by atoms with van der Waals surface area (Å²) in [6, 6.07) is 9.01. The Kier molecular flexibility index (Phi) is 5.38. The van der Waals surface area contributed by atoms with Crippen molar-refractivity contribution in [1.82, 2.24) is 4.98 Å². The van der Waals surface area contributed by atoms with Crippen LogP contribution in [0.25, 0.3) is 0 Å².